The molecule has 2 fully saturated rings. The van der Waals surface area contributed by atoms with E-state index < -0.39 is 0 Å². The van der Waals surface area contributed by atoms with Crippen molar-refractivity contribution >= 4 is 0 Å². The van der Waals surface area contributed by atoms with Crippen LogP contribution in [0, 0.1) is 34.5 Å². The van der Waals surface area contributed by atoms with Crippen LogP contribution >= 0.6 is 0 Å². The van der Waals surface area contributed by atoms with Crippen LogP contribution in [0.1, 0.15) is 50.9 Å². The lowest BCUT2D eigenvalue weighted by atomic mass is 9.49. The maximum atomic E-state index is 10.4. The molecule has 26 heavy (non-hydrogen) atoms. The van der Waals surface area contributed by atoms with Crippen LogP contribution in [-0.4, -0.2) is 33.4 Å². The second-order valence-corrected chi connectivity index (χ2v) is 9.37. The van der Waals surface area contributed by atoms with Gasteiger partial charge in [0.25, 0.3) is 0 Å². The SMILES string of the molecule is C=C1CC[C@H]2[C@H](CO)[C@@H]([C@@]3(C)Cc4nccnc4C[C@@H]3CO)CC[C@]12C. The molecule has 142 valence electrons. The van der Waals surface area contributed by atoms with E-state index in [-0.39, 0.29) is 35.9 Å². The number of hydrogen-bond donors (Lipinski definition) is 2. The number of aliphatic hydroxyl groups is 2. The Morgan fingerprint density at radius 2 is 1.81 bits per heavy atom. The highest BCUT2D eigenvalue weighted by atomic mass is 16.3. The summed E-state index contributed by atoms with van der Waals surface area (Å²) in [6, 6.07) is 0. The summed E-state index contributed by atoms with van der Waals surface area (Å²) < 4.78 is 0. The minimum absolute atomic E-state index is 0.0452. The largest absolute Gasteiger partial charge is 0.396 e. The zero-order valence-corrected chi connectivity index (χ0v) is 16.1. The normalized spacial score (nSPS) is 42.4. The number of aliphatic hydroxyl groups excluding tert-OH is 2. The van der Waals surface area contributed by atoms with Gasteiger partial charge in [-0.3, -0.25) is 9.97 Å². The van der Waals surface area contributed by atoms with Crippen molar-refractivity contribution in [2.75, 3.05) is 13.2 Å². The molecular weight excluding hydrogens is 324 g/mol. The molecule has 3 aliphatic rings. The molecule has 0 radical (unpaired) electrons. The molecule has 0 aromatic carbocycles. The van der Waals surface area contributed by atoms with E-state index >= 15 is 0 Å². The molecule has 4 heteroatoms. The van der Waals surface area contributed by atoms with Crippen LogP contribution in [-0.2, 0) is 12.8 Å². The summed E-state index contributed by atoms with van der Waals surface area (Å²) >= 11 is 0. The summed E-state index contributed by atoms with van der Waals surface area (Å²) in [5.74, 6) is 1.38. The maximum Gasteiger partial charge on any atom is 0.0624 e. The van der Waals surface area contributed by atoms with E-state index in [2.05, 4.69) is 30.4 Å². The van der Waals surface area contributed by atoms with E-state index in [1.54, 1.807) is 12.4 Å². The molecule has 0 amide bonds. The van der Waals surface area contributed by atoms with Gasteiger partial charge in [-0.25, -0.2) is 0 Å². The van der Waals surface area contributed by atoms with Crippen molar-refractivity contribution in [1.82, 2.24) is 9.97 Å². The molecule has 1 aromatic heterocycles. The van der Waals surface area contributed by atoms with Crippen LogP contribution in [0.15, 0.2) is 24.5 Å². The Hall–Kier alpha value is -1.26. The Kier molecular flexibility index (Phi) is 4.47. The lowest BCUT2D eigenvalue weighted by molar-refractivity contribution is -0.0744. The van der Waals surface area contributed by atoms with Crippen molar-refractivity contribution in [2.45, 2.75) is 52.4 Å². The summed E-state index contributed by atoms with van der Waals surface area (Å²) in [6.07, 6.45) is 9.67. The van der Waals surface area contributed by atoms with Gasteiger partial charge in [0.15, 0.2) is 0 Å². The highest BCUT2D eigenvalue weighted by Gasteiger charge is 2.56. The second-order valence-electron chi connectivity index (χ2n) is 9.37. The Labute approximate surface area is 156 Å². The molecule has 1 heterocycles. The van der Waals surface area contributed by atoms with Crippen LogP contribution in [0.2, 0.25) is 0 Å². The molecule has 4 rings (SSSR count). The quantitative estimate of drug-likeness (QED) is 0.817. The number of fused-ring (bicyclic) bond motifs is 2. The molecule has 2 N–H and O–H groups in total. The monoisotopic (exact) mass is 356 g/mol. The zero-order chi connectivity index (χ0) is 18.5. The van der Waals surface area contributed by atoms with Gasteiger partial charge in [0.05, 0.1) is 11.4 Å². The maximum absolute atomic E-state index is 10.4. The van der Waals surface area contributed by atoms with E-state index in [1.807, 2.05) is 0 Å². The van der Waals surface area contributed by atoms with Crippen molar-refractivity contribution < 1.29 is 10.2 Å². The number of rotatable bonds is 3. The Bertz CT molecular complexity index is 705. The molecule has 0 aliphatic heterocycles. The highest BCUT2D eigenvalue weighted by Crippen LogP contribution is 2.62. The van der Waals surface area contributed by atoms with Gasteiger partial charge in [-0.2, -0.15) is 0 Å². The Morgan fingerprint density at radius 1 is 1.08 bits per heavy atom. The van der Waals surface area contributed by atoms with Gasteiger partial charge < -0.3 is 10.2 Å². The summed E-state index contributed by atoms with van der Waals surface area (Å²) in [7, 11) is 0. The minimum atomic E-state index is -0.0452. The van der Waals surface area contributed by atoms with Gasteiger partial charge in [-0.15, -0.1) is 0 Å². The van der Waals surface area contributed by atoms with E-state index in [0.29, 0.717) is 11.8 Å². The number of aromatic nitrogens is 2. The van der Waals surface area contributed by atoms with E-state index in [4.69, 9.17) is 0 Å². The molecule has 0 saturated heterocycles. The zero-order valence-electron chi connectivity index (χ0n) is 16.1. The van der Waals surface area contributed by atoms with Crippen LogP contribution in [0.4, 0.5) is 0 Å². The average Bonchev–Trinajstić information content (AvgIpc) is 2.95. The summed E-state index contributed by atoms with van der Waals surface area (Å²) in [6.45, 7) is 9.45. The lowest BCUT2D eigenvalue weighted by Gasteiger charge is -2.55. The third-order valence-corrected chi connectivity index (χ3v) is 8.45. The van der Waals surface area contributed by atoms with E-state index in [9.17, 15) is 10.2 Å². The minimum Gasteiger partial charge on any atom is -0.396 e. The molecule has 1 aromatic rings. The van der Waals surface area contributed by atoms with Gasteiger partial charge in [0, 0.05) is 25.6 Å². The fraction of sp³-hybridized carbons (Fsp3) is 0.727. The topological polar surface area (TPSA) is 66.2 Å². The molecular formula is C22H32N2O2. The van der Waals surface area contributed by atoms with Crippen molar-refractivity contribution in [1.29, 1.82) is 0 Å². The number of nitrogens with zero attached hydrogens (tertiary/aromatic N) is 2. The third kappa shape index (κ3) is 2.49. The fourth-order valence-electron chi connectivity index (χ4n) is 6.66. The lowest BCUT2D eigenvalue weighted by Crippen LogP contribution is -2.52. The van der Waals surface area contributed by atoms with Crippen LogP contribution in [0.3, 0.4) is 0 Å². The van der Waals surface area contributed by atoms with Gasteiger partial charge in [0.2, 0.25) is 0 Å². The first-order chi connectivity index (χ1) is 12.4. The predicted molar refractivity (Wildman–Crippen MR) is 101 cm³/mol. The number of hydrogen-bond acceptors (Lipinski definition) is 4. The molecule has 0 bridgehead atoms. The highest BCUT2D eigenvalue weighted by molar-refractivity contribution is 5.24. The standard InChI is InChI=1S/C22H32N2O2/c1-14-4-5-17-16(13-26)18(6-7-21(14,17)2)22(3)11-20-19(10-15(22)12-25)23-8-9-24-20/h8-9,15-18,25-26H,1,4-7,10-13H2,2-3H3/t15-,16+,17+,18+,21-,22+/m1/s1. The average molecular weight is 357 g/mol. The van der Waals surface area contributed by atoms with Crippen LogP contribution in [0.5, 0.6) is 0 Å². The van der Waals surface area contributed by atoms with Crippen LogP contribution in [0.25, 0.3) is 0 Å². The molecule has 0 unspecified atom stereocenters. The molecule has 2 saturated carbocycles. The van der Waals surface area contributed by atoms with Crippen molar-refractivity contribution in [3.63, 3.8) is 0 Å². The van der Waals surface area contributed by atoms with Gasteiger partial charge in [-0.1, -0.05) is 26.0 Å². The Morgan fingerprint density at radius 3 is 2.50 bits per heavy atom. The van der Waals surface area contributed by atoms with E-state index in [0.717, 1.165) is 49.9 Å². The summed E-state index contributed by atoms with van der Waals surface area (Å²) in [4.78, 5) is 9.11. The third-order valence-electron chi connectivity index (χ3n) is 8.45. The van der Waals surface area contributed by atoms with Crippen molar-refractivity contribution in [3.05, 3.63) is 35.9 Å². The number of allylic oxidation sites excluding steroid dienone is 1. The van der Waals surface area contributed by atoms with Crippen molar-refractivity contribution in [2.24, 2.45) is 34.5 Å². The first-order valence-electron chi connectivity index (χ1n) is 10.1. The van der Waals surface area contributed by atoms with Gasteiger partial charge in [-0.05, 0) is 73.0 Å². The van der Waals surface area contributed by atoms with Crippen LogP contribution < -0.4 is 0 Å². The molecule has 3 aliphatic carbocycles. The summed E-state index contributed by atoms with van der Waals surface area (Å²) in [5.41, 5.74) is 3.64. The van der Waals surface area contributed by atoms with E-state index in [1.165, 1.54) is 5.57 Å². The first kappa shape index (κ1) is 18.1. The van der Waals surface area contributed by atoms with Gasteiger partial charge >= 0.3 is 0 Å². The predicted octanol–water partition coefficient (Wildman–Crippen LogP) is 3.18. The van der Waals surface area contributed by atoms with Crippen molar-refractivity contribution in [3.8, 4) is 0 Å². The molecule has 6 atom stereocenters. The summed E-state index contributed by atoms with van der Waals surface area (Å²) in [5, 5.41) is 20.6. The second kappa shape index (κ2) is 6.42. The fourth-order valence-corrected chi connectivity index (χ4v) is 6.66. The van der Waals surface area contributed by atoms with Gasteiger partial charge in [0.1, 0.15) is 0 Å². The molecule has 0 spiro atoms. The Balaban J connectivity index is 1.70. The first-order valence-corrected chi connectivity index (χ1v) is 10.1. The smallest absolute Gasteiger partial charge is 0.0624 e. The molecule has 4 nitrogen and oxygen atoms in total.